The van der Waals surface area contributed by atoms with E-state index < -0.39 is 0 Å². The molecule has 18 heavy (non-hydrogen) atoms. The second-order valence-corrected chi connectivity index (χ2v) is 4.61. The smallest absolute Gasteiger partial charge is 0.199 e. The maximum Gasteiger partial charge on any atom is 0.199 e. The first-order valence-electron chi connectivity index (χ1n) is 5.76. The van der Waals surface area contributed by atoms with E-state index in [0.29, 0.717) is 16.5 Å². The van der Waals surface area contributed by atoms with Crippen LogP contribution < -0.4 is 5.73 Å². The minimum atomic E-state index is 0.411. The van der Waals surface area contributed by atoms with Crippen LogP contribution >= 0.6 is 11.6 Å². The summed E-state index contributed by atoms with van der Waals surface area (Å²) in [4.78, 5) is 0. The lowest BCUT2D eigenvalue weighted by molar-refractivity contribution is 0.637. The molecule has 0 saturated heterocycles. The van der Waals surface area contributed by atoms with Gasteiger partial charge in [-0.15, -0.1) is 0 Å². The number of hydrogen-bond donors (Lipinski definition) is 1. The highest BCUT2D eigenvalue weighted by molar-refractivity contribution is 6.35. The van der Waals surface area contributed by atoms with Crippen LogP contribution in [0.25, 0.3) is 17.0 Å². The molecule has 0 fully saturated rings. The highest BCUT2D eigenvalue weighted by atomic mass is 35.5. The van der Waals surface area contributed by atoms with Crippen LogP contribution in [0, 0.1) is 0 Å². The summed E-state index contributed by atoms with van der Waals surface area (Å²) in [6.45, 7) is 0. The number of allylic oxidation sites excluding steroid dienone is 5. The van der Waals surface area contributed by atoms with E-state index in [-0.39, 0.29) is 0 Å². The first kappa shape index (κ1) is 11.2. The number of nitrogen functional groups attached to an aromatic ring is 1. The number of benzene rings is 1. The van der Waals surface area contributed by atoms with Gasteiger partial charge in [-0.1, -0.05) is 48.0 Å². The lowest BCUT2D eigenvalue weighted by atomic mass is 10.0. The third-order valence-corrected chi connectivity index (χ3v) is 3.27. The average molecular weight is 258 g/mol. The number of hydrogen-bond acceptors (Lipinski definition) is 2. The standard InChI is InChI=1S/C15H12ClNO/c16-13-8-4-7-11-12(15(17)18-14(11)13)9-10-5-2-1-3-6-10/h1-5,7-9H,6,17H2/b10-9-. The molecular formula is C15H12ClNO. The number of rotatable bonds is 1. The van der Waals surface area contributed by atoms with E-state index in [4.69, 9.17) is 21.8 Å². The molecule has 0 amide bonds. The summed E-state index contributed by atoms with van der Waals surface area (Å²) < 4.78 is 5.53. The average Bonchev–Trinajstić information content (AvgIpc) is 2.70. The van der Waals surface area contributed by atoms with Gasteiger partial charge in [0, 0.05) is 10.9 Å². The lowest BCUT2D eigenvalue weighted by Gasteiger charge is -2.01. The molecule has 0 saturated carbocycles. The molecule has 2 N–H and O–H groups in total. The monoisotopic (exact) mass is 257 g/mol. The molecule has 0 unspecified atom stereocenters. The second kappa shape index (κ2) is 4.39. The van der Waals surface area contributed by atoms with Crippen molar-refractivity contribution in [1.82, 2.24) is 0 Å². The van der Waals surface area contributed by atoms with Crippen molar-refractivity contribution < 1.29 is 4.42 Å². The number of halogens is 1. The van der Waals surface area contributed by atoms with Crippen molar-refractivity contribution in [3.05, 3.63) is 58.7 Å². The van der Waals surface area contributed by atoms with Crippen LogP contribution in [0.3, 0.4) is 0 Å². The molecule has 0 atom stereocenters. The molecule has 3 rings (SSSR count). The Morgan fingerprint density at radius 1 is 1.28 bits per heavy atom. The zero-order chi connectivity index (χ0) is 12.5. The van der Waals surface area contributed by atoms with E-state index in [2.05, 4.69) is 18.2 Å². The molecule has 1 aliphatic carbocycles. The van der Waals surface area contributed by atoms with Crippen molar-refractivity contribution in [1.29, 1.82) is 0 Å². The quantitative estimate of drug-likeness (QED) is 0.813. The Balaban J connectivity index is 2.17. The first-order chi connectivity index (χ1) is 8.75. The van der Waals surface area contributed by atoms with Gasteiger partial charge in [-0.05, 0) is 24.1 Å². The minimum Gasteiger partial charge on any atom is -0.439 e. The molecule has 1 aliphatic rings. The number of furan rings is 1. The Morgan fingerprint density at radius 3 is 2.94 bits per heavy atom. The fraction of sp³-hybridized carbons (Fsp3) is 0.0667. The molecule has 2 nitrogen and oxygen atoms in total. The van der Waals surface area contributed by atoms with E-state index in [9.17, 15) is 0 Å². The van der Waals surface area contributed by atoms with Gasteiger partial charge in [0.05, 0.1) is 5.02 Å². The molecule has 0 bridgehead atoms. The van der Waals surface area contributed by atoms with Crippen LogP contribution in [-0.4, -0.2) is 0 Å². The maximum absolute atomic E-state index is 6.09. The Labute approximate surface area is 110 Å². The van der Waals surface area contributed by atoms with Crippen LogP contribution in [0.5, 0.6) is 0 Å². The fourth-order valence-electron chi connectivity index (χ4n) is 2.09. The lowest BCUT2D eigenvalue weighted by Crippen LogP contribution is -1.86. The Bertz CT molecular complexity index is 692. The highest BCUT2D eigenvalue weighted by Crippen LogP contribution is 2.34. The van der Waals surface area contributed by atoms with E-state index >= 15 is 0 Å². The van der Waals surface area contributed by atoms with E-state index in [0.717, 1.165) is 17.4 Å². The van der Waals surface area contributed by atoms with Crippen LogP contribution in [0.1, 0.15) is 12.0 Å². The van der Waals surface area contributed by atoms with Gasteiger partial charge in [-0.2, -0.15) is 0 Å². The van der Waals surface area contributed by atoms with Crippen molar-refractivity contribution in [2.75, 3.05) is 5.73 Å². The topological polar surface area (TPSA) is 39.2 Å². The minimum absolute atomic E-state index is 0.411. The van der Waals surface area contributed by atoms with Gasteiger partial charge in [0.15, 0.2) is 11.5 Å². The Morgan fingerprint density at radius 2 is 2.17 bits per heavy atom. The number of nitrogens with two attached hydrogens (primary N) is 1. The highest BCUT2D eigenvalue weighted by Gasteiger charge is 2.12. The molecule has 0 aliphatic heterocycles. The van der Waals surface area contributed by atoms with Crippen molar-refractivity contribution in [2.24, 2.45) is 0 Å². The van der Waals surface area contributed by atoms with Gasteiger partial charge in [0.25, 0.3) is 0 Å². The fourth-order valence-corrected chi connectivity index (χ4v) is 2.31. The predicted molar refractivity (Wildman–Crippen MR) is 76.5 cm³/mol. The van der Waals surface area contributed by atoms with Crippen molar-refractivity contribution in [3.8, 4) is 0 Å². The van der Waals surface area contributed by atoms with Gasteiger partial charge in [0.1, 0.15) is 0 Å². The molecule has 1 aromatic carbocycles. The largest absolute Gasteiger partial charge is 0.439 e. The Kier molecular flexibility index (Phi) is 2.73. The molecule has 1 heterocycles. The van der Waals surface area contributed by atoms with E-state index in [1.807, 2.05) is 24.3 Å². The van der Waals surface area contributed by atoms with Gasteiger partial charge >= 0.3 is 0 Å². The van der Waals surface area contributed by atoms with Crippen LogP contribution in [0.15, 0.2) is 52.5 Å². The van der Waals surface area contributed by atoms with Gasteiger partial charge in [-0.3, -0.25) is 0 Å². The summed E-state index contributed by atoms with van der Waals surface area (Å²) in [6, 6.07) is 5.67. The normalized spacial score (nSPS) is 16.8. The zero-order valence-electron chi connectivity index (χ0n) is 9.69. The SMILES string of the molecule is Nc1oc2c(Cl)cccc2c1/C=C1/C=CC=CC1. The van der Waals surface area contributed by atoms with E-state index in [1.165, 1.54) is 5.57 Å². The molecular weight excluding hydrogens is 246 g/mol. The molecule has 2 aromatic rings. The van der Waals surface area contributed by atoms with E-state index in [1.54, 1.807) is 6.07 Å². The summed E-state index contributed by atoms with van der Waals surface area (Å²) in [6.07, 6.45) is 11.2. The van der Waals surface area contributed by atoms with Gasteiger partial charge in [-0.25, -0.2) is 0 Å². The molecule has 90 valence electrons. The zero-order valence-corrected chi connectivity index (χ0v) is 10.4. The predicted octanol–water partition coefficient (Wildman–Crippen LogP) is 4.57. The number of anilines is 1. The third-order valence-electron chi connectivity index (χ3n) is 2.98. The molecule has 1 aromatic heterocycles. The second-order valence-electron chi connectivity index (χ2n) is 4.21. The number of fused-ring (bicyclic) bond motifs is 1. The maximum atomic E-state index is 6.09. The molecule has 3 heteroatoms. The summed E-state index contributed by atoms with van der Waals surface area (Å²) in [5.74, 6) is 0.411. The van der Waals surface area contributed by atoms with Crippen molar-refractivity contribution in [3.63, 3.8) is 0 Å². The molecule has 0 spiro atoms. The van der Waals surface area contributed by atoms with Crippen LogP contribution in [0.2, 0.25) is 5.02 Å². The van der Waals surface area contributed by atoms with Crippen molar-refractivity contribution >= 4 is 34.5 Å². The van der Waals surface area contributed by atoms with Crippen LogP contribution in [-0.2, 0) is 0 Å². The van der Waals surface area contributed by atoms with Gasteiger partial charge in [0.2, 0.25) is 0 Å². The third kappa shape index (κ3) is 1.85. The Hall–Kier alpha value is -1.93. The molecule has 0 radical (unpaired) electrons. The van der Waals surface area contributed by atoms with Crippen LogP contribution in [0.4, 0.5) is 5.88 Å². The van der Waals surface area contributed by atoms with Gasteiger partial charge < -0.3 is 10.2 Å². The number of para-hydroxylation sites is 1. The summed E-state index contributed by atoms with van der Waals surface area (Å²) in [5, 5.41) is 1.54. The van der Waals surface area contributed by atoms with Crippen molar-refractivity contribution in [2.45, 2.75) is 6.42 Å². The summed E-state index contributed by atoms with van der Waals surface area (Å²) in [5.41, 5.74) is 8.68. The first-order valence-corrected chi connectivity index (χ1v) is 6.14. The summed E-state index contributed by atoms with van der Waals surface area (Å²) >= 11 is 6.09. The summed E-state index contributed by atoms with van der Waals surface area (Å²) in [7, 11) is 0.